The Bertz CT molecular complexity index is 888. The van der Waals surface area contributed by atoms with Crippen LogP contribution in [0.2, 0.25) is 0 Å². The van der Waals surface area contributed by atoms with E-state index >= 15 is 0 Å². The quantitative estimate of drug-likeness (QED) is 0.492. The second kappa shape index (κ2) is 4.85. The van der Waals surface area contributed by atoms with Gasteiger partial charge in [0.15, 0.2) is 5.78 Å². The molecule has 0 N–H and O–H groups in total. The lowest BCUT2D eigenvalue weighted by Gasteiger charge is -2.00. The zero-order valence-corrected chi connectivity index (χ0v) is 13.9. The molecule has 20 heavy (non-hydrogen) atoms. The average molecular weight is 398 g/mol. The van der Waals surface area contributed by atoms with E-state index < -0.39 is 0 Å². The number of nitrogens with zero attached hydrogens (tertiary/aromatic N) is 2. The normalized spacial score (nSPS) is 11.2. The second-order valence-corrected chi connectivity index (χ2v) is 7.38. The molecule has 4 nitrogen and oxygen atoms in total. The van der Waals surface area contributed by atoms with Gasteiger partial charge < -0.3 is 0 Å². The van der Waals surface area contributed by atoms with Gasteiger partial charge in [-0.15, -0.1) is 11.3 Å². The van der Waals surface area contributed by atoms with Gasteiger partial charge in [-0.3, -0.25) is 13.9 Å². The van der Waals surface area contributed by atoms with Gasteiger partial charge in [0.2, 0.25) is 0 Å². The summed E-state index contributed by atoms with van der Waals surface area (Å²) >= 11 is 3.75. The number of ketones is 1. The van der Waals surface area contributed by atoms with Crippen LogP contribution in [0.25, 0.3) is 11.0 Å². The van der Waals surface area contributed by atoms with Gasteiger partial charge in [0.25, 0.3) is 0 Å². The number of fused-ring (bicyclic) bond motifs is 1. The minimum atomic E-state index is -0.0883. The van der Waals surface area contributed by atoms with Crippen molar-refractivity contribution in [2.75, 3.05) is 0 Å². The van der Waals surface area contributed by atoms with Gasteiger partial charge >= 0.3 is 5.69 Å². The summed E-state index contributed by atoms with van der Waals surface area (Å²) in [6.45, 7) is 0. The highest BCUT2D eigenvalue weighted by Crippen LogP contribution is 2.21. The molecule has 0 saturated heterocycles. The molecule has 2 heterocycles. The third-order valence-electron chi connectivity index (χ3n) is 3.36. The van der Waals surface area contributed by atoms with Gasteiger partial charge in [-0.1, -0.05) is 0 Å². The number of hydrogen-bond donors (Lipinski definition) is 0. The predicted molar refractivity (Wildman–Crippen MR) is 88.6 cm³/mol. The van der Waals surface area contributed by atoms with E-state index in [0.717, 1.165) is 13.9 Å². The highest BCUT2D eigenvalue weighted by molar-refractivity contribution is 14.1. The first-order chi connectivity index (χ1) is 9.49. The minimum Gasteiger partial charge on any atom is -0.295 e. The molecule has 0 aliphatic heterocycles. The van der Waals surface area contributed by atoms with Crippen molar-refractivity contribution in [3.63, 3.8) is 0 Å². The summed E-state index contributed by atoms with van der Waals surface area (Å²) < 4.78 is 4.22. The molecule has 0 unspecified atom stereocenters. The summed E-state index contributed by atoms with van der Waals surface area (Å²) in [6, 6.07) is 7.25. The third kappa shape index (κ3) is 2.03. The number of rotatable bonds is 2. The van der Waals surface area contributed by atoms with Crippen LogP contribution in [-0.2, 0) is 14.1 Å². The number of thiophene rings is 1. The van der Waals surface area contributed by atoms with Crippen LogP contribution in [0.5, 0.6) is 0 Å². The SMILES string of the molecule is Cn1c(=O)n(C)c2cc(C(=O)c3csc(I)c3)ccc21. The van der Waals surface area contributed by atoms with Crippen LogP contribution in [0.1, 0.15) is 15.9 Å². The molecule has 0 aliphatic rings. The van der Waals surface area contributed by atoms with E-state index in [2.05, 4.69) is 22.6 Å². The summed E-state index contributed by atoms with van der Waals surface area (Å²) in [5.41, 5.74) is 2.81. The molecular formula is C14H11IN2O2S. The largest absolute Gasteiger partial charge is 0.328 e. The van der Waals surface area contributed by atoms with Crippen LogP contribution in [0.15, 0.2) is 34.4 Å². The Morgan fingerprint density at radius 2 is 1.80 bits per heavy atom. The van der Waals surface area contributed by atoms with E-state index in [9.17, 15) is 9.59 Å². The molecule has 0 radical (unpaired) electrons. The summed E-state index contributed by atoms with van der Waals surface area (Å²) in [5, 5.41) is 1.86. The molecule has 3 aromatic rings. The number of benzene rings is 1. The molecule has 0 spiro atoms. The van der Waals surface area contributed by atoms with Gasteiger partial charge in [0, 0.05) is 30.6 Å². The molecule has 0 amide bonds. The average Bonchev–Trinajstić information content (AvgIpc) is 2.97. The Kier molecular flexibility index (Phi) is 3.29. The first-order valence-corrected chi connectivity index (χ1v) is 7.89. The van der Waals surface area contributed by atoms with Gasteiger partial charge in [0.05, 0.1) is 13.9 Å². The zero-order valence-electron chi connectivity index (χ0n) is 10.9. The van der Waals surface area contributed by atoms with Crippen molar-refractivity contribution in [1.29, 1.82) is 0 Å². The van der Waals surface area contributed by atoms with E-state index in [0.29, 0.717) is 11.1 Å². The van der Waals surface area contributed by atoms with Crippen LogP contribution >= 0.6 is 33.9 Å². The predicted octanol–water partition coefficient (Wildman–Crippen LogP) is 2.77. The summed E-state index contributed by atoms with van der Waals surface area (Å²) in [6.07, 6.45) is 0. The number of halogens is 1. The van der Waals surface area contributed by atoms with Crippen LogP contribution in [-0.4, -0.2) is 14.9 Å². The summed E-state index contributed by atoms with van der Waals surface area (Å²) in [7, 11) is 3.44. The first kappa shape index (κ1) is 13.6. The maximum atomic E-state index is 12.4. The Morgan fingerprint density at radius 3 is 2.45 bits per heavy atom. The van der Waals surface area contributed by atoms with Crippen molar-refractivity contribution < 1.29 is 4.79 Å². The Hall–Kier alpha value is -1.41. The third-order valence-corrected chi connectivity index (χ3v) is 5.15. The molecule has 102 valence electrons. The van der Waals surface area contributed by atoms with Crippen molar-refractivity contribution in [2.24, 2.45) is 14.1 Å². The van der Waals surface area contributed by atoms with Gasteiger partial charge in [-0.2, -0.15) is 0 Å². The first-order valence-electron chi connectivity index (χ1n) is 5.93. The lowest BCUT2D eigenvalue weighted by Crippen LogP contribution is -2.19. The monoisotopic (exact) mass is 398 g/mol. The second-order valence-electron chi connectivity index (χ2n) is 4.57. The molecule has 0 bridgehead atoms. The van der Waals surface area contributed by atoms with Crippen molar-refractivity contribution in [1.82, 2.24) is 9.13 Å². The Morgan fingerprint density at radius 1 is 1.10 bits per heavy atom. The van der Waals surface area contributed by atoms with Gasteiger partial charge in [-0.25, -0.2) is 4.79 Å². The van der Waals surface area contributed by atoms with E-state index in [1.807, 2.05) is 17.5 Å². The fraction of sp³-hybridized carbons (Fsp3) is 0.143. The molecule has 0 aliphatic carbocycles. The van der Waals surface area contributed by atoms with E-state index in [1.54, 1.807) is 46.7 Å². The van der Waals surface area contributed by atoms with E-state index in [4.69, 9.17) is 0 Å². The summed E-state index contributed by atoms with van der Waals surface area (Å²) in [5.74, 6) is -0.0117. The fourth-order valence-corrected chi connectivity index (χ4v) is 3.57. The smallest absolute Gasteiger partial charge is 0.295 e. The van der Waals surface area contributed by atoms with E-state index in [1.165, 1.54) is 0 Å². The standard InChI is InChI=1S/C14H11IN2O2S/c1-16-10-4-3-8(5-11(10)17(2)14(16)19)13(18)9-6-12(15)20-7-9/h3-7H,1-2H3. The van der Waals surface area contributed by atoms with Crippen LogP contribution in [0, 0.1) is 2.88 Å². The molecule has 2 aromatic heterocycles. The minimum absolute atomic E-state index is 0.0117. The Balaban J connectivity index is 2.16. The van der Waals surface area contributed by atoms with Crippen LogP contribution in [0.4, 0.5) is 0 Å². The van der Waals surface area contributed by atoms with Crippen molar-refractivity contribution in [2.45, 2.75) is 0 Å². The summed E-state index contributed by atoms with van der Waals surface area (Å²) in [4.78, 5) is 24.3. The highest BCUT2D eigenvalue weighted by atomic mass is 127. The van der Waals surface area contributed by atoms with E-state index in [-0.39, 0.29) is 11.5 Å². The number of hydrogen-bond acceptors (Lipinski definition) is 3. The fourth-order valence-electron chi connectivity index (χ4n) is 2.24. The topological polar surface area (TPSA) is 44.0 Å². The van der Waals surface area contributed by atoms with Crippen molar-refractivity contribution in [3.8, 4) is 0 Å². The molecule has 0 saturated carbocycles. The molecule has 6 heteroatoms. The Labute approximate surface area is 132 Å². The number of carbonyl (C=O) groups excluding carboxylic acids is 1. The van der Waals surface area contributed by atoms with Crippen LogP contribution in [0.3, 0.4) is 0 Å². The maximum absolute atomic E-state index is 12.4. The zero-order chi connectivity index (χ0) is 14.4. The number of carbonyl (C=O) groups is 1. The molecule has 0 fully saturated rings. The number of aryl methyl sites for hydroxylation is 2. The lowest BCUT2D eigenvalue weighted by atomic mass is 10.1. The number of imidazole rings is 1. The van der Waals surface area contributed by atoms with Gasteiger partial charge in [0.1, 0.15) is 0 Å². The van der Waals surface area contributed by atoms with Crippen molar-refractivity contribution >= 4 is 50.7 Å². The molecular weight excluding hydrogens is 387 g/mol. The lowest BCUT2D eigenvalue weighted by molar-refractivity contribution is 0.103. The number of aromatic nitrogens is 2. The molecule has 3 rings (SSSR count). The van der Waals surface area contributed by atoms with Crippen molar-refractivity contribution in [3.05, 3.63) is 54.1 Å². The van der Waals surface area contributed by atoms with Gasteiger partial charge in [-0.05, 0) is 46.9 Å². The van der Waals surface area contributed by atoms with Crippen LogP contribution < -0.4 is 5.69 Å². The highest BCUT2D eigenvalue weighted by Gasteiger charge is 2.14. The molecule has 1 aromatic carbocycles. The maximum Gasteiger partial charge on any atom is 0.328 e. The molecule has 0 atom stereocenters.